The number of amides is 2. The number of para-hydroxylation sites is 1. The van der Waals surface area contributed by atoms with Crippen molar-refractivity contribution in [2.45, 2.75) is 38.0 Å². The summed E-state index contributed by atoms with van der Waals surface area (Å²) in [6.45, 7) is 2.54. The summed E-state index contributed by atoms with van der Waals surface area (Å²) in [6, 6.07) is 7.54. The van der Waals surface area contributed by atoms with E-state index in [1.165, 1.54) is 0 Å². The number of methoxy groups -OCH3 is 1. The molecule has 2 fully saturated rings. The van der Waals surface area contributed by atoms with E-state index in [9.17, 15) is 4.79 Å². The largest absolute Gasteiger partial charge is 0.496 e. The molecule has 1 aromatic carbocycles. The van der Waals surface area contributed by atoms with Crippen LogP contribution in [0.15, 0.2) is 24.3 Å². The van der Waals surface area contributed by atoms with Crippen LogP contribution in [-0.2, 0) is 16.0 Å². The van der Waals surface area contributed by atoms with Crippen molar-refractivity contribution < 1.29 is 19.0 Å². The Bertz CT molecular complexity index is 548. The van der Waals surface area contributed by atoms with Gasteiger partial charge in [0.15, 0.2) is 5.79 Å². The fourth-order valence-electron chi connectivity index (χ4n) is 3.43. The van der Waals surface area contributed by atoms with Crippen LogP contribution in [0.2, 0.25) is 0 Å². The highest BCUT2D eigenvalue weighted by molar-refractivity contribution is 5.73. The van der Waals surface area contributed by atoms with E-state index in [-0.39, 0.29) is 11.8 Å². The Kier molecular flexibility index (Phi) is 5.58. The van der Waals surface area contributed by atoms with Crippen molar-refractivity contribution in [3.05, 3.63) is 29.8 Å². The van der Waals surface area contributed by atoms with Gasteiger partial charge in [-0.15, -0.1) is 0 Å². The topological polar surface area (TPSA) is 68.8 Å². The van der Waals surface area contributed by atoms with Gasteiger partial charge in [0.25, 0.3) is 0 Å². The van der Waals surface area contributed by atoms with Crippen LogP contribution in [0.4, 0.5) is 4.79 Å². The molecule has 6 nitrogen and oxygen atoms in total. The van der Waals surface area contributed by atoms with E-state index in [0.717, 1.165) is 37.0 Å². The summed E-state index contributed by atoms with van der Waals surface area (Å²) < 4.78 is 16.7. The van der Waals surface area contributed by atoms with Crippen LogP contribution in [-0.4, -0.2) is 38.7 Å². The van der Waals surface area contributed by atoms with E-state index >= 15 is 0 Å². The first kappa shape index (κ1) is 17.0. The third-order valence-electron chi connectivity index (χ3n) is 4.86. The van der Waals surface area contributed by atoms with Crippen LogP contribution in [0.1, 0.15) is 31.2 Å². The number of hydrogen-bond acceptors (Lipinski definition) is 4. The maximum absolute atomic E-state index is 12.0. The Morgan fingerprint density at radius 2 is 1.92 bits per heavy atom. The molecule has 1 aliphatic heterocycles. The number of carbonyl (C=O) groups excluding carboxylic acids is 1. The van der Waals surface area contributed by atoms with Gasteiger partial charge in [-0.1, -0.05) is 18.2 Å². The molecule has 1 saturated carbocycles. The van der Waals surface area contributed by atoms with Crippen molar-refractivity contribution in [2.75, 3.05) is 26.9 Å². The summed E-state index contributed by atoms with van der Waals surface area (Å²) >= 11 is 0. The Morgan fingerprint density at radius 1 is 1.21 bits per heavy atom. The molecule has 1 aliphatic carbocycles. The van der Waals surface area contributed by atoms with Gasteiger partial charge in [-0.25, -0.2) is 4.79 Å². The van der Waals surface area contributed by atoms with Gasteiger partial charge in [-0.3, -0.25) is 0 Å². The van der Waals surface area contributed by atoms with Gasteiger partial charge in [0.05, 0.1) is 20.3 Å². The molecule has 24 heavy (non-hydrogen) atoms. The molecule has 2 N–H and O–H groups in total. The van der Waals surface area contributed by atoms with Crippen molar-refractivity contribution in [1.29, 1.82) is 0 Å². The maximum atomic E-state index is 12.0. The molecule has 1 aromatic rings. The lowest BCUT2D eigenvalue weighted by molar-refractivity contribution is -0.182. The third kappa shape index (κ3) is 4.19. The zero-order valence-electron chi connectivity index (χ0n) is 14.2. The molecule has 0 bridgehead atoms. The average molecular weight is 334 g/mol. The number of nitrogens with one attached hydrogen (secondary N) is 2. The minimum atomic E-state index is -0.331. The third-order valence-corrected chi connectivity index (χ3v) is 4.86. The molecule has 0 unspecified atom stereocenters. The second kappa shape index (κ2) is 7.85. The first-order valence-electron chi connectivity index (χ1n) is 8.62. The monoisotopic (exact) mass is 334 g/mol. The molecule has 6 heteroatoms. The summed E-state index contributed by atoms with van der Waals surface area (Å²) in [5, 5.41) is 5.85. The Labute approximate surface area is 142 Å². The second-order valence-corrected chi connectivity index (χ2v) is 6.43. The highest BCUT2D eigenvalue weighted by Gasteiger charge is 2.40. The van der Waals surface area contributed by atoms with E-state index in [1.54, 1.807) is 7.11 Å². The molecule has 0 atom stereocenters. The Balaban J connectivity index is 1.37. The minimum absolute atomic E-state index is 0.144. The lowest BCUT2D eigenvalue weighted by Gasteiger charge is -2.35. The van der Waals surface area contributed by atoms with E-state index < -0.39 is 0 Å². The predicted molar refractivity (Wildman–Crippen MR) is 89.8 cm³/mol. The van der Waals surface area contributed by atoms with E-state index in [0.29, 0.717) is 32.2 Å². The second-order valence-electron chi connectivity index (χ2n) is 6.43. The van der Waals surface area contributed by atoms with Gasteiger partial charge in [-0.2, -0.15) is 0 Å². The van der Waals surface area contributed by atoms with Gasteiger partial charge < -0.3 is 24.8 Å². The fourth-order valence-corrected chi connectivity index (χ4v) is 3.43. The number of urea groups is 1. The first-order chi connectivity index (χ1) is 11.7. The molecule has 1 heterocycles. The summed E-state index contributed by atoms with van der Waals surface area (Å²) in [4.78, 5) is 12.0. The van der Waals surface area contributed by atoms with Crippen molar-refractivity contribution >= 4 is 6.03 Å². The van der Waals surface area contributed by atoms with E-state index in [4.69, 9.17) is 14.2 Å². The average Bonchev–Trinajstić information content (AvgIpc) is 3.08. The van der Waals surface area contributed by atoms with E-state index in [2.05, 4.69) is 10.6 Å². The van der Waals surface area contributed by atoms with Crippen LogP contribution >= 0.6 is 0 Å². The molecular weight excluding hydrogens is 308 g/mol. The summed E-state index contributed by atoms with van der Waals surface area (Å²) in [5.41, 5.74) is 0.963. The standard InChI is InChI=1S/C18H26N2O4/c1-22-16-5-3-2-4-15(16)13-20-17(21)19-12-14-6-8-18(9-7-14)23-10-11-24-18/h2-5,14H,6-13H2,1H3,(H2,19,20,21). The molecular formula is C18H26N2O4. The van der Waals surface area contributed by atoms with Crippen molar-refractivity contribution in [1.82, 2.24) is 10.6 Å². The fraction of sp³-hybridized carbons (Fsp3) is 0.611. The van der Waals surface area contributed by atoms with Crippen LogP contribution in [0.25, 0.3) is 0 Å². The summed E-state index contributed by atoms with van der Waals surface area (Å²) in [6.07, 6.45) is 3.88. The lowest BCUT2D eigenvalue weighted by atomic mass is 9.85. The number of ether oxygens (including phenoxy) is 3. The van der Waals surface area contributed by atoms with Crippen molar-refractivity contribution in [3.8, 4) is 5.75 Å². The van der Waals surface area contributed by atoms with Crippen LogP contribution in [0, 0.1) is 5.92 Å². The molecule has 0 radical (unpaired) electrons. The zero-order chi connectivity index (χ0) is 16.8. The number of carbonyl (C=O) groups is 1. The molecule has 1 saturated heterocycles. The Hall–Kier alpha value is -1.79. The van der Waals surface area contributed by atoms with Crippen molar-refractivity contribution in [2.24, 2.45) is 5.92 Å². The van der Waals surface area contributed by atoms with Crippen LogP contribution < -0.4 is 15.4 Å². The number of benzene rings is 1. The van der Waals surface area contributed by atoms with Crippen LogP contribution in [0.3, 0.4) is 0 Å². The summed E-state index contributed by atoms with van der Waals surface area (Å²) in [7, 11) is 1.63. The first-order valence-corrected chi connectivity index (χ1v) is 8.62. The molecule has 132 valence electrons. The zero-order valence-corrected chi connectivity index (χ0v) is 14.2. The van der Waals surface area contributed by atoms with Crippen LogP contribution in [0.5, 0.6) is 5.75 Å². The highest BCUT2D eigenvalue weighted by atomic mass is 16.7. The van der Waals surface area contributed by atoms with Gasteiger partial charge in [0.2, 0.25) is 0 Å². The summed E-state index contributed by atoms with van der Waals surface area (Å²) in [5.74, 6) is 0.940. The molecule has 1 spiro atoms. The normalized spacial score (nSPS) is 20.0. The lowest BCUT2D eigenvalue weighted by Crippen LogP contribution is -2.41. The molecule has 2 amide bonds. The predicted octanol–water partition coefficient (Wildman–Crippen LogP) is 2.43. The smallest absolute Gasteiger partial charge is 0.315 e. The SMILES string of the molecule is COc1ccccc1CNC(=O)NCC1CCC2(CC1)OCCO2. The van der Waals surface area contributed by atoms with Gasteiger partial charge in [-0.05, 0) is 24.8 Å². The van der Waals surface area contributed by atoms with Gasteiger partial charge in [0.1, 0.15) is 5.75 Å². The Morgan fingerprint density at radius 3 is 2.62 bits per heavy atom. The molecule has 3 rings (SSSR count). The quantitative estimate of drug-likeness (QED) is 0.868. The van der Waals surface area contributed by atoms with Gasteiger partial charge >= 0.3 is 6.03 Å². The van der Waals surface area contributed by atoms with Gasteiger partial charge in [0, 0.05) is 31.5 Å². The highest BCUT2D eigenvalue weighted by Crippen LogP contribution is 2.37. The number of rotatable bonds is 5. The molecule has 2 aliphatic rings. The van der Waals surface area contributed by atoms with E-state index in [1.807, 2.05) is 24.3 Å². The number of hydrogen-bond donors (Lipinski definition) is 2. The molecule has 0 aromatic heterocycles. The maximum Gasteiger partial charge on any atom is 0.315 e. The minimum Gasteiger partial charge on any atom is -0.496 e. The van der Waals surface area contributed by atoms with Crippen molar-refractivity contribution in [3.63, 3.8) is 0 Å².